The Hall–Kier alpha value is -3.52. The normalized spacial score (nSPS) is 10.7. The van der Waals surface area contributed by atoms with Crippen molar-refractivity contribution < 1.29 is 14.3 Å². The van der Waals surface area contributed by atoms with Crippen molar-refractivity contribution in [3.63, 3.8) is 0 Å². The van der Waals surface area contributed by atoms with Crippen LogP contribution in [-0.4, -0.2) is 40.8 Å². The van der Waals surface area contributed by atoms with Gasteiger partial charge in [-0.3, -0.25) is 4.79 Å². The number of carbonyl (C=O) groups excluding carboxylic acids is 1. The maximum atomic E-state index is 12.5. The number of aromatic nitrogens is 3. The van der Waals surface area contributed by atoms with E-state index in [0.717, 1.165) is 27.2 Å². The van der Waals surface area contributed by atoms with Gasteiger partial charge >= 0.3 is 0 Å². The molecule has 7 nitrogen and oxygen atoms in total. The molecule has 30 heavy (non-hydrogen) atoms. The van der Waals surface area contributed by atoms with Gasteiger partial charge in [0.05, 0.1) is 31.2 Å². The Bertz CT molecular complexity index is 1180. The van der Waals surface area contributed by atoms with E-state index in [1.165, 1.54) is 18.1 Å². The lowest BCUT2D eigenvalue weighted by Gasteiger charge is -2.11. The van der Waals surface area contributed by atoms with Crippen LogP contribution in [0.4, 0.5) is 5.69 Å². The minimum atomic E-state index is -0.173. The third kappa shape index (κ3) is 4.08. The summed E-state index contributed by atoms with van der Waals surface area (Å²) in [6.07, 6.45) is 3.44. The van der Waals surface area contributed by atoms with Gasteiger partial charge in [0.2, 0.25) is 5.91 Å². The molecule has 0 aliphatic carbocycles. The number of ether oxygens (including phenoxy) is 2. The fourth-order valence-electron chi connectivity index (χ4n) is 3.10. The van der Waals surface area contributed by atoms with Gasteiger partial charge in [0, 0.05) is 17.8 Å². The first-order chi connectivity index (χ1) is 14.7. The highest BCUT2D eigenvalue weighted by Gasteiger charge is 2.14. The van der Waals surface area contributed by atoms with Crippen LogP contribution in [0.1, 0.15) is 0 Å². The Labute approximate surface area is 177 Å². The summed E-state index contributed by atoms with van der Waals surface area (Å²) in [6, 6.07) is 15.3. The second kappa shape index (κ2) is 8.87. The molecule has 8 heteroatoms. The number of H-pyrrole nitrogens is 1. The van der Waals surface area contributed by atoms with Crippen LogP contribution in [-0.2, 0) is 4.79 Å². The molecule has 4 rings (SSSR count). The fourth-order valence-corrected chi connectivity index (χ4v) is 3.86. The van der Waals surface area contributed by atoms with Crippen LogP contribution in [0.3, 0.4) is 0 Å². The summed E-state index contributed by atoms with van der Waals surface area (Å²) in [7, 11) is 3.13. The molecule has 0 atom stereocenters. The van der Waals surface area contributed by atoms with Gasteiger partial charge in [-0.2, -0.15) is 0 Å². The standard InChI is InChI=1S/C22H20N4O3S/c1-28-15-8-9-18(29-2)17(10-15)26-19(27)12-30-22-21-20(24-13-25-22)16(11-23-21)14-6-4-3-5-7-14/h3-11,13,23H,12H2,1-2H3,(H,26,27). The lowest BCUT2D eigenvalue weighted by atomic mass is 10.1. The van der Waals surface area contributed by atoms with E-state index in [2.05, 4.69) is 20.3 Å². The zero-order valence-electron chi connectivity index (χ0n) is 16.5. The fraction of sp³-hybridized carbons (Fsp3) is 0.136. The van der Waals surface area contributed by atoms with Crippen molar-refractivity contribution in [2.75, 3.05) is 25.3 Å². The molecule has 0 saturated heterocycles. The van der Waals surface area contributed by atoms with E-state index in [9.17, 15) is 4.79 Å². The highest BCUT2D eigenvalue weighted by Crippen LogP contribution is 2.32. The number of hydrogen-bond donors (Lipinski definition) is 2. The summed E-state index contributed by atoms with van der Waals surface area (Å²) in [4.78, 5) is 24.6. The Morgan fingerprint density at radius 2 is 1.93 bits per heavy atom. The van der Waals surface area contributed by atoms with Crippen molar-refractivity contribution in [2.24, 2.45) is 0 Å². The van der Waals surface area contributed by atoms with E-state index in [4.69, 9.17) is 9.47 Å². The van der Waals surface area contributed by atoms with Crippen LogP contribution < -0.4 is 14.8 Å². The maximum Gasteiger partial charge on any atom is 0.234 e. The molecule has 2 aromatic carbocycles. The number of methoxy groups -OCH3 is 2. The van der Waals surface area contributed by atoms with E-state index >= 15 is 0 Å². The minimum Gasteiger partial charge on any atom is -0.497 e. The van der Waals surface area contributed by atoms with Gasteiger partial charge < -0.3 is 19.8 Å². The van der Waals surface area contributed by atoms with Crippen LogP contribution in [0.25, 0.3) is 22.2 Å². The summed E-state index contributed by atoms with van der Waals surface area (Å²) >= 11 is 1.34. The second-order valence-electron chi connectivity index (χ2n) is 6.37. The molecule has 152 valence electrons. The Balaban J connectivity index is 1.50. The van der Waals surface area contributed by atoms with E-state index in [0.29, 0.717) is 17.2 Å². The van der Waals surface area contributed by atoms with Gasteiger partial charge in [-0.15, -0.1) is 0 Å². The summed E-state index contributed by atoms with van der Waals surface area (Å²) in [6.45, 7) is 0. The lowest BCUT2D eigenvalue weighted by Crippen LogP contribution is -2.15. The van der Waals surface area contributed by atoms with Gasteiger partial charge in [-0.1, -0.05) is 42.1 Å². The number of nitrogens with zero attached hydrogens (tertiary/aromatic N) is 2. The van der Waals surface area contributed by atoms with Crippen molar-refractivity contribution in [3.8, 4) is 22.6 Å². The first-order valence-corrected chi connectivity index (χ1v) is 10.2. The minimum absolute atomic E-state index is 0.173. The number of benzene rings is 2. The highest BCUT2D eigenvalue weighted by atomic mass is 32.2. The third-order valence-corrected chi connectivity index (χ3v) is 5.52. The smallest absolute Gasteiger partial charge is 0.234 e. The number of aromatic amines is 1. The first-order valence-electron chi connectivity index (χ1n) is 9.21. The van der Waals surface area contributed by atoms with E-state index in [1.54, 1.807) is 32.4 Å². The molecule has 2 N–H and O–H groups in total. The molecule has 2 aromatic heterocycles. The van der Waals surface area contributed by atoms with Crippen molar-refractivity contribution in [2.45, 2.75) is 5.03 Å². The summed E-state index contributed by atoms with van der Waals surface area (Å²) in [5, 5.41) is 3.58. The van der Waals surface area contributed by atoms with Crippen molar-refractivity contribution in [1.82, 2.24) is 15.0 Å². The average molecular weight is 420 g/mol. The number of fused-ring (bicyclic) bond motifs is 1. The number of nitrogens with one attached hydrogen (secondary N) is 2. The molecule has 0 spiro atoms. The predicted molar refractivity (Wildman–Crippen MR) is 118 cm³/mol. The number of carbonyl (C=O) groups is 1. The molecule has 0 aliphatic heterocycles. The van der Waals surface area contributed by atoms with Gasteiger partial charge in [0.15, 0.2) is 0 Å². The molecule has 0 fully saturated rings. The molecule has 0 aliphatic rings. The molecule has 0 unspecified atom stereocenters. The maximum absolute atomic E-state index is 12.5. The van der Waals surface area contributed by atoms with Gasteiger partial charge in [-0.25, -0.2) is 9.97 Å². The molecule has 4 aromatic rings. The van der Waals surface area contributed by atoms with Gasteiger partial charge in [-0.05, 0) is 17.7 Å². The Morgan fingerprint density at radius 1 is 1.10 bits per heavy atom. The summed E-state index contributed by atoms with van der Waals surface area (Å²) < 4.78 is 10.5. The molecular formula is C22H20N4O3S. The van der Waals surface area contributed by atoms with Crippen LogP contribution in [0.15, 0.2) is 66.1 Å². The highest BCUT2D eigenvalue weighted by molar-refractivity contribution is 8.00. The largest absolute Gasteiger partial charge is 0.497 e. The van der Waals surface area contributed by atoms with Crippen LogP contribution in [0.2, 0.25) is 0 Å². The number of amides is 1. The Kier molecular flexibility index (Phi) is 5.85. The molecule has 0 saturated carbocycles. The third-order valence-electron chi connectivity index (χ3n) is 4.53. The van der Waals surface area contributed by atoms with Crippen molar-refractivity contribution >= 4 is 34.4 Å². The van der Waals surface area contributed by atoms with Gasteiger partial charge in [0.1, 0.15) is 28.4 Å². The second-order valence-corrected chi connectivity index (χ2v) is 7.34. The topological polar surface area (TPSA) is 89.1 Å². The molecule has 0 radical (unpaired) electrons. The SMILES string of the molecule is COc1ccc(OC)c(NC(=O)CSc2ncnc3c(-c4ccccc4)c[nH]c23)c1. The number of rotatable bonds is 7. The summed E-state index contributed by atoms with van der Waals surface area (Å²) in [5.74, 6) is 1.21. The predicted octanol–water partition coefficient (Wildman–Crippen LogP) is 4.37. The molecule has 1 amide bonds. The monoisotopic (exact) mass is 420 g/mol. The zero-order chi connectivity index (χ0) is 20.9. The number of hydrogen-bond acceptors (Lipinski definition) is 6. The van der Waals surface area contributed by atoms with Crippen LogP contribution in [0, 0.1) is 0 Å². The number of thioether (sulfide) groups is 1. The quantitative estimate of drug-likeness (QED) is 0.341. The average Bonchev–Trinajstić information content (AvgIpc) is 3.23. The van der Waals surface area contributed by atoms with Gasteiger partial charge in [0.25, 0.3) is 0 Å². The molecular weight excluding hydrogens is 400 g/mol. The number of anilines is 1. The van der Waals surface area contributed by atoms with Crippen LogP contribution >= 0.6 is 11.8 Å². The van der Waals surface area contributed by atoms with Crippen molar-refractivity contribution in [1.29, 1.82) is 0 Å². The van der Waals surface area contributed by atoms with E-state index < -0.39 is 0 Å². The lowest BCUT2D eigenvalue weighted by molar-refractivity contribution is -0.113. The van der Waals surface area contributed by atoms with E-state index in [1.807, 2.05) is 36.5 Å². The zero-order valence-corrected chi connectivity index (χ0v) is 17.3. The van der Waals surface area contributed by atoms with E-state index in [-0.39, 0.29) is 11.7 Å². The molecule has 0 bridgehead atoms. The van der Waals surface area contributed by atoms with Crippen molar-refractivity contribution in [3.05, 3.63) is 61.1 Å². The Morgan fingerprint density at radius 3 is 2.70 bits per heavy atom. The van der Waals surface area contributed by atoms with Crippen LogP contribution in [0.5, 0.6) is 11.5 Å². The first kappa shape index (κ1) is 19.8. The summed E-state index contributed by atoms with van der Waals surface area (Å²) in [5.41, 5.74) is 4.27. The molecule has 2 heterocycles.